The van der Waals surface area contributed by atoms with E-state index >= 15 is 0 Å². The van der Waals surface area contributed by atoms with E-state index < -0.39 is 0 Å². The van der Waals surface area contributed by atoms with Crippen molar-refractivity contribution in [3.05, 3.63) is 0 Å². The van der Waals surface area contributed by atoms with Gasteiger partial charge in [-0.25, -0.2) is 10.0 Å². The van der Waals surface area contributed by atoms with Gasteiger partial charge in [-0.15, -0.1) is 0 Å². The Bertz CT molecular complexity index is 201. The molecule has 0 saturated carbocycles. The summed E-state index contributed by atoms with van der Waals surface area (Å²) in [6, 6.07) is 0.639. The van der Waals surface area contributed by atoms with Gasteiger partial charge in [-0.05, 0) is 25.7 Å². The predicted molar refractivity (Wildman–Crippen MR) is 63.2 cm³/mol. The molecule has 0 aromatic rings. The van der Waals surface area contributed by atoms with Gasteiger partial charge >= 0.3 is 0 Å². The lowest BCUT2D eigenvalue weighted by atomic mass is 10.1. The molecule has 0 aliphatic carbocycles. The van der Waals surface area contributed by atoms with Crippen molar-refractivity contribution in [1.29, 1.82) is 0 Å². The van der Waals surface area contributed by atoms with Crippen molar-refractivity contribution >= 4 is 0 Å². The van der Waals surface area contributed by atoms with Gasteiger partial charge in [-0.1, -0.05) is 0 Å². The van der Waals surface area contributed by atoms with Crippen LogP contribution in [0.3, 0.4) is 0 Å². The second kappa shape index (κ2) is 5.96. The lowest BCUT2D eigenvalue weighted by molar-refractivity contribution is -0.0759. The van der Waals surface area contributed by atoms with Gasteiger partial charge in [0.25, 0.3) is 0 Å². The van der Waals surface area contributed by atoms with Crippen LogP contribution in [0.5, 0.6) is 0 Å². The molecule has 0 radical (unpaired) electrons. The summed E-state index contributed by atoms with van der Waals surface area (Å²) in [7, 11) is 4.35. The average molecular weight is 228 g/mol. The van der Waals surface area contributed by atoms with Crippen molar-refractivity contribution in [3.63, 3.8) is 0 Å². The van der Waals surface area contributed by atoms with E-state index in [0.717, 1.165) is 39.2 Å². The number of ether oxygens (including phenoxy) is 2. The molecule has 2 heterocycles. The molecule has 1 atom stereocenters. The maximum atomic E-state index is 5.67. The van der Waals surface area contributed by atoms with Crippen LogP contribution in [0.4, 0.5) is 0 Å². The second-order valence-electron chi connectivity index (χ2n) is 4.89. The van der Waals surface area contributed by atoms with Gasteiger partial charge in [-0.3, -0.25) is 0 Å². The molecule has 2 rings (SSSR count). The summed E-state index contributed by atoms with van der Waals surface area (Å²) in [5, 5.41) is 4.68. The number of likely N-dealkylation sites (N-methyl/N-ethyl adjacent to an activating group) is 1. The average Bonchev–Trinajstić information content (AvgIpc) is 2.82. The normalized spacial score (nSPS) is 28.1. The monoisotopic (exact) mass is 228 g/mol. The molecule has 0 bridgehead atoms. The predicted octanol–water partition coefficient (Wildman–Crippen LogP) is 1.12. The molecule has 16 heavy (non-hydrogen) atoms. The first-order chi connectivity index (χ1) is 7.77. The van der Waals surface area contributed by atoms with Crippen LogP contribution in [0.15, 0.2) is 0 Å². The van der Waals surface area contributed by atoms with E-state index in [1.54, 1.807) is 0 Å². The Hall–Kier alpha value is -0.160. The summed E-state index contributed by atoms with van der Waals surface area (Å²) in [6.45, 7) is 3.78. The molecule has 2 aliphatic rings. The molecule has 94 valence electrons. The molecule has 0 N–H and O–H groups in total. The van der Waals surface area contributed by atoms with Crippen molar-refractivity contribution < 1.29 is 9.47 Å². The van der Waals surface area contributed by atoms with Crippen LogP contribution in [-0.4, -0.2) is 62.6 Å². The van der Waals surface area contributed by atoms with E-state index in [2.05, 4.69) is 24.1 Å². The molecular formula is C12H24N2O2. The Kier molecular flexibility index (Phi) is 4.58. The second-order valence-corrected chi connectivity index (χ2v) is 4.89. The number of rotatable bonds is 4. The minimum absolute atomic E-state index is 0.437. The molecule has 0 aromatic heterocycles. The molecule has 2 saturated heterocycles. The van der Waals surface area contributed by atoms with E-state index in [-0.39, 0.29) is 0 Å². The Morgan fingerprint density at radius 1 is 1.06 bits per heavy atom. The minimum atomic E-state index is 0.437. The Labute approximate surface area is 98.5 Å². The first-order valence-electron chi connectivity index (χ1n) is 6.40. The van der Waals surface area contributed by atoms with Crippen LogP contribution in [0, 0.1) is 0 Å². The fourth-order valence-electron chi connectivity index (χ4n) is 2.55. The van der Waals surface area contributed by atoms with Crippen LogP contribution < -0.4 is 0 Å². The van der Waals surface area contributed by atoms with Crippen molar-refractivity contribution in [2.75, 3.05) is 40.5 Å². The summed E-state index contributed by atoms with van der Waals surface area (Å²) in [6.07, 6.45) is 5.16. The highest BCUT2D eigenvalue weighted by molar-refractivity contribution is 4.73. The number of hydrogen-bond donors (Lipinski definition) is 0. The van der Waals surface area contributed by atoms with Crippen molar-refractivity contribution in [2.45, 2.75) is 37.8 Å². The van der Waals surface area contributed by atoms with E-state index in [1.807, 2.05) is 0 Å². The zero-order valence-corrected chi connectivity index (χ0v) is 10.5. The van der Waals surface area contributed by atoms with Gasteiger partial charge in [-0.2, -0.15) is 0 Å². The highest BCUT2D eigenvalue weighted by atomic mass is 16.5. The molecular weight excluding hydrogens is 204 g/mol. The van der Waals surface area contributed by atoms with E-state index in [4.69, 9.17) is 9.47 Å². The summed E-state index contributed by atoms with van der Waals surface area (Å²) < 4.78 is 11.1. The maximum Gasteiger partial charge on any atom is 0.0716 e. The van der Waals surface area contributed by atoms with Crippen LogP contribution in [0.25, 0.3) is 0 Å². The van der Waals surface area contributed by atoms with Crippen LogP contribution in [0.2, 0.25) is 0 Å². The molecule has 4 heteroatoms. The lowest BCUT2D eigenvalue weighted by Gasteiger charge is -2.38. The lowest BCUT2D eigenvalue weighted by Crippen LogP contribution is -2.48. The third-order valence-electron chi connectivity index (χ3n) is 3.75. The largest absolute Gasteiger partial charge is 0.381 e. The van der Waals surface area contributed by atoms with E-state index in [1.165, 1.54) is 12.8 Å². The SMILES string of the molecule is CN(CC1CCCO1)N(C)C1CCOCC1. The number of hydrogen-bond acceptors (Lipinski definition) is 4. The molecule has 1 unspecified atom stereocenters. The van der Waals surface area contributed by atoms with Crippen LogP contribution >= 0.6 is 0 Å². The Balaban J connectivity index is 1.75. The molecule has 2 aliphatic heterocycles. The number of nitrogens with zero attached hydrogens (tertiary/aromatic N) is 2. The van der Waals surface area contributed by atoms with Crippen molar-refractivity contribution in [1.82, 2.24) is 10.0 Å². The van der Waals surface area contributed by atoms with E-state index in [9.17, 15) is 0 Å². The quantitative estimate of drug-likeness (QED) is 0.673. The first kappa shape index (κ1) is 12.3. The third-order valence-corrected chi connectivity index (χ3v) is 3.75. The highest BCUT2D eigenvalue weighted by Gasteiger charge is 2.24. The van der Waals surface area contributed by atoms with Crippen LogP contribution in [0.1, 0.15) is 25.7 Å². The van der Waals surface area contributed by atoms with Crippen molar-refractivity contribution in [2.24, 2.45) is 0 Å². The zero-order valence-electron chi connectivity index (χ0n) is 10.5. The smallest absolute Gasteiger partial charge is 0.0716 e. The minimum Gasteiger partial charge on any atom is -0.381 e. The topological polar surface area (TPSA) is 24.9 Å². The van der Waals surface area contributed by atoms with Gasteiger partial charge in [0.2, 0.25) is 0 Å². The molecule has 0 spiro atoms. The fraction of sp³-hybridized carbons (Fsp3) is 1.00. The molecule has 0 aromatic carbocycles. The summed E-state index contributed by atoms with van der Waals surface area (Å²) in [4.78, 5) is 0. The maximum absolute atomic E-state index is 5.67. The van der Waals surface area contributed by atoms with Gasteiger partial charge in [0.15, 0.2) is 0 Å². The molecule has 4 nitrogen and oxygen atoms in total. The fourth-order valence-corrected chi connectivity index (χ4v) is 2.55. The standard InChI is InChI=1S/C12H24N2O2/c1-13(10-12-4-3-7-16-12)14(2)11-5-8-15-9-6-11/h11-12H,3-10H2,1-2H3. The first-order valence-corrected chi connectivity index (χ1v) is 6.40. The Morgan fingerprint density at radius 3 is 2.44 bits per heavy atom. The van der Waals surface area contributed by atoms with Gasteiger partial charge < -0.3 is 9.47 Å². The third kappa shape index (κ3) is 3.17. The molecule has 0 amide bonds. The summed E-state index contributed by atoms with van der Waals surface area (Å²) in [5.41, 5.74) is 0. The van der Waals surface area contributed by atoms with Crippen molar-refractivity contribution in [3.8, 4) is 0 Å². The Morgan fingerprint density at radius 2 is 1.81 bits per heavy atom. The van der Waals surface area contributed by atoms with Gasteiger partial charge in [0.05, 0.1) is 6.10 Å². The highest BCUT2D eigenvalue weighted by Crippen LogP contribution is 2.17. The summed E-state index contributed by atoms with van der Waals surface area (Å²) >= 11 is 0. The van der Waals surface area contributed by atoms with Gasteiger partial charge in [0, 0.05) is 46.5 Å². The number of hydrazine groups is 1. The van der Waals surface area contributed by atoms with Crippen LogP contribution in [-0.2, 0) is 9.47 Å². The zero-order chi connectivity index (χ0) is 11.4. The summed E-state index contributed by atoms with van der Waals surface area (Å²) in [5.74, 6) is 0. The van der Waals surface area contributed by atoms with E-state index in [0.29, 0.717) is 12.1 Å². The van der Waals surface area contributed by atoms with Gasteiger partial charge in [0.1, 0.15) is 0 Å². The molecule has 2 fully saturated rings.